The zero-order valence-electron chi connectivity index (χ0n) is 13.7. The van der Waals surface area contributed by atoms with E-state index in [9.17, 15) is 0 Å². The number of fused-ring (bicyclic) bond motifs is 1. The average molecular weight is 310 g/mol. The molecule has 23 heavy (non-hydrogen) atoms. The smallest absolute Gasteiger partial charge is 0.128 e. The maximum atomic E-state index is 8.16. The third-order valence-electron chi connectivity index (χ3n) is 4.37. The van der Waals surface area contributed by atoms with E-state index in [0.29, 0.717) is 11.5 Å². The lowest BCUT2D eigenvalue weighted by Gasteiger charge is -2.35. The van der Waals surface area contributed by atoms with E-state index < -0.39 is 0 Å². The van der Waals surface area contributed by atoms with E-state index in [1.165, 1.54) is 0 Å². The van der Waals surface area contributed by atoms with Crippen LogP contribution in [0.4, 0.5) is 0 Å². The third-order valence-corrected chi connectivity index (χ3v) is 4.37. The molecule has 3 rings (SSSR count). The Morgan fingerprint density at radius 1 is 1.48 bits per heavy atom. The Bertz CT molecular complexity index is 734. The van der Waals surface area contributed by atoms with Gasteiger partial charge in [-0.2, -0.15) is 0 Å². The topological polar surface area (TPSA) is 83.5 Å². The molecule has 0 radical (unpaired) electrons. The Morgan fingerprint density at radius 2 is 2.26 bits per heavy atom. The molecule has 0 fully saturated rings. The number of nitrogens with two attached hydrogens (primary N) is 1. The second kappa shape index (κ2) is 5.91. The predicted octanol–water partition coefficient (Wildman–Crippen LogP) is 2.21. The van der Waals surface area contributed by atoms with E-state index in [-0.39, 0.29) is 12.0 Å². The summed E-state index contributed by atoms with van der Waals surface area (Å²) in [6, 6.07) is -0.0411. The summed E-state index contributed by atoms with van der Waals surface area (Å²) in [5, 5.41) is 11.6. The molecule has 3 aliphatic rings. The Labute approximate surface area is 136 Å². The summed E-state index contributed by atoms with van der Waals surface area (Å²) in [5.74, 6) is 1.28. The Balaban J connectivity index is 2.20. The molecule has 4 N–H and O–H groups in total. The van der Waals surface area contributed by atoms with Crippen molar-refractivity contribution in [1.29, 1.82) is 5.41 Å². The molecular formula is C18H22N4O. The second-order valence-corrected chi connectivity index (χ2v) is 5.95. The molecule has 0 aromatic carbocycles. The Kier molecular flexibility index (Phi) is 3.94. The minimum absolute atomic E-state index is 0.0165. The van der Waals surface area contributed by atoms with Gasteiger partial charge in [-0.3, -0.25) is 4.99 Å². The molecule has 5 nitrogen and oxygen atoms in total. The Morgan fingerprint density at radius 3 is 2.87 bits per heavy atom. The van der Waals surface area contributed by atoms with Crippen LogP contribution in [0, 0.1) is 11.3 Å². The van der Waals surface area contributed by atoms with Crippen LogP contribution in [0.2, 0.25) is 0 Å². The van der Waals surface area contributed by atoms with Crippen molar-refractivity contribution in [3.8, 4) is 0 Å². The number of amidine groups is 1. The number of aliphatic imine (C=N–C) groups is 1. The van der Waals surface area contributed by atoms with Crippen LogP contribution in [-0.4, -0.2) is 31.2 Å². The van der Waals surface area contributed by atoms with Gasteiger partial charge in [-0.05, 0) is 43.2 Å². The van der Waals surface area contributed by atoms with Crippen molar-refractivity contribution in [2.45, 2.75) is 19.9 Å². The van der Waals surface area contributed by atoms with Crippen molar-refractivity contribution < 1.29 is 4.74 Å². The van der Waals surface area contributed by atoms with Gasteiger partial charge in [-0.1, -0.05) is 12.2 Å². The van der Waals surface area contributed by atoms with Crippen LogP contribution in [0.1, 0.15) is 13.8 Å². The lowest BCUT2D eigenvalue weighted by atomic mass is 9.76. The molecule has 0 bridgehead atoms. The highest BCUT2D eigenvalue weighted by Crippen LogP contribution is 2.39. The Hall–Kier alpha value is -2.56. The van der Waals surface area contributed by atoms with E-state index >= 15 is 0 Å². The summed E-state index contributed by atoms with van der Waals surface area (Å²) in [7, 11) is 1.67. The van der Waals surface area contributed by atoms with Crippen LogP contribution < -0.4 is 11.1 Å². The molecule has 0 amide bonds. The third kappa shape index (κ3) is 2.63. The molecule has 1 aliphatic carbocycles. The summed E-state index contributed by atoms with van der Waals surface area (Å²) in [4.78, 5) is 4.66. The van der Waals surface area contributed by atoms with Gasteiger partial charge in [0.2, 0.25) is 0 Å². The number of rotatable bonds is 3. The monoisotopic (exact) mass is 310 g/mol. The van der Waals surface area contributed by atoms with Gasteiger partial charge >= 0.3 is 0 Å². The fraction of sp³-hybridized carbons (Fsp3) is 0.333. The predicted molar refractivity (Wildman–Crippen MR) is 93.4 cm³/mol. The molecule has 2 heterocycles. The molecule has 2 unspecified atom stereocenters. The second-order valence-electron chi connectivity index (χ2n) is 5.95. The molecule has 0 aromatic heterocycles. The minimum atomic E-state index is -0.0411. The SMILES string of the molecule is COC1=CC2C(C3=CC=CCN3)=C(C(C)=N)C(N)=NC2C(C)=C1. The number of dihydropyridines is 2. The van der Waals surface area contributed by atoms with Gasteiger partial charge in [0.15, 0.2) is 0 Å². The first-order chi connectivity index (χ1) is 11.0. The maximum Gasteiger partial charge on any atom is 0.128 e. The first-order valence-electron chi connectivity index (χ1n) is 7.71. The van der Waals surface area contributed by atoms with Gasteiger partial charge in [0.25, 0.3) is 0 Å². The molecular weight excluding hydrogens is 288 g/mol. The van der Waals surface area contributed by atoms with Crippen LogP contribution >= 0.6 is 0 Å². The van der Waals surface area contributed by atoms with Crippen molar-refractivity contribution in [3.05, 3.63) is 58.6 Å². The number of nitrogens with zero attached hydrogens (tertiary/aromatic N) is 1. The molecule has 0 aromatic rings. The van der Waals surface area contributed by atoms with Gasteiger partial charge < -0.3 is 21.2 Å². The summed E-state index contributed by atoms with van der Waals surface area (Å²) in [6.07, 6.45) is 10.2. The van der Waals surface area contributed by atoms with E-state index in [4.69, 9.17) is 15.9 Å². The zero-order valence-corrected chi connectivity index (χ0v) is 13.7. The summed E-state index contributed by atoms with van der Waals surface area (Å²) in [5.41, 5.74) is 10.5. The zero-order chi connectivity index (χ0) is 16.6. The summed E-state index contributed by atoms with van der Waals surface area (Å²) < 4.78 is 5.44. The number of hydrogen-bond donors (Lipinski definition) is 3. The summed E-state index contributed by atoms with van der Waals surface area (Å²) >= 11 is 0. The van der Waals surface area contributed by atoms with E-state index in [2.05, 4.69) is 22.5 Å². The number of allylic oxidation sites excluding steroid dienone is 4. The minimum Gasteiger partial charge on any atom is -0.497 e. The van der Waals surface area contributed by atoms with Crippen molar-refractivity contribution in [3.63, 3.8) is 0 Å². The fourth-order valence-corrected chi connectivity index (χ4v) is 3.33. The van der Waals surface area contributed by atoms with Gasteiger partial charge in [0.05, 0.1) is 13.2 Å². The van der Waals surface area contributed by atoms with Crippen LogP contribution in [0.15, 0.2) is 63.5 Å². The van der Waals surface area contributed by atoms with E-state index in [0.717, 1.165) is 34.7 Å². The van der Waals surface area contributed by atoms with E-state index in [1.54, 1.807) is 14.0 Å². The van der Waals surface area contributed by atoms with Gasteiger partial charge in [-0.15, -0.1) is 0 Å². The van der Waals surface area contributed by atoms with Crippen molar-refractivity contribution >= 4 is 11.5 Å². The average Bonchev–Trinajstić information content (AvgIpc) is 2.54. The normalized spacial score (nSPS) is 26.4. The van der Waals surface area contributed by atoms with Crippen LogP contribution in [-0.2, 0) is 4.74 Å². The molecule has 2 atom stereocenters. The molecule has 120 valence electrons. The number of methoxy groups -OCH3 is 1. The van der Waals surface area contributed by atoms with Gasteiger partial charge in [-0.25, -0.2) is 0 Å². The van der Waals surface area contributed by atoms with E-state index in [1.807, 2.05) is 25.2 Å². The molecule has 5 heteroatoms. The lowest BCUT2D eigenvalue weighted by Crippen LogP contribution is -2.38. The van der Waals surface area contributed by atoms with Crippen LogP contribution in [0.5, 0.6) is 0 Å². The maximum absolute atomic E-state index is 8.16. The van der Waals surface area contributed by atoms with Crippen molar-refractivity contribution in [1.82, 2.24) is 5.32 Å². The number of hydrogen-bond acceptors (Lipinski definition) is 5. The molecule has 0 spiro atoms. The fourth-order valence-electron chi connectivity index (χ4n) is 3.33. The van der Waals surface area contributed by atoms with Crippen molar-refractivity contribution in [2.75, 3.05) is 13.7 Å². The first kappa shape index (κ1) is 15.3. The highest BCUT2D eigenvalue weighted by Gasteiger charge is 2.36. The first-order valence-corrected chi connectivity index (χ1v) is 7.71. The largest absolute Gasteiger partial charge is 0.497 e. The summed E-state index contributed by atoms with van der Waals surface area (Å²) in [6.45, 7) is 4.57. The quantitative estimate of drug-likeness (QED) is 0.699. The highest BCUT2D eigenvalue weighted by atomic mass is 16.5. The molecule has 0 saturated heterocycles. The number of ether oxygens (including phenoxy) is 1. The number of nitrogens with one attached hydrogen (secondary N) is 2. The highest BCUT2D eigenvalue weighted by molar-refractivity contribution is 6.23. The van der Waals surface area contributed by atoms with Gasteiger partial charge in [0.1, 0.15) is 11.6 Å². The van der Waals surface area contributed by atoms with Crippen LogP contribution in [0.25, 0.3) is 0 Å². The molecule has 2 aliphatic heterocycles. The lowest BCUT2D eigenvalue weighted by molar-refractivity contribution is 0.298. The molecule has 0 saturated carbocycles. The van der Waals surface area contributed by atoms with Gasteiger partial charge in [0, 0.05) is 29.4 Å². The van der Waals surface area contributed by atoms with Crippen LogP contribution in [0.3, 0.4) is 0 Å². The standard InChI is InChI=1S/C18H22N4O/c1-10-8-12(23-3)9-13-16(14-6-4-5-7-21-14)15(11(2)19)18(20)22-17(10)13/h4-6,8-9,13,17,19,21H,7H2,1-3H3,(H2,20,22). The van der Waals surface area contributed by atoms with Crippen molar-refractivity contribution in [2.24, 2.45) is 16.6 Å².